The first-order chi connectivity index (χ1) is 14.8. The summed E-state index contributed by atoms with van der Waals surface area (Å²) >= 11 is 5.85. The van der Waals surface area contributed by atoms with E-state index in [-0.39, 0.29) is 43.2 Å². The molecule has 0 aliphatic heterocycles. The summed E-state index contributed by atoms with van der Waals surface area (Å²) in [6, 6.07) is 11.9. The monoisotopic (exact) mass is 442 g/mol. The SMILES string of the molecule is CC(C)N(CC(=O)NCc1cccc(Cl)n1)C(=O)Cn1nc(C(N)=O)c2ccccc21. The quantitative estimate of drug-likeness (QED) is 0.514. The first kappa shape index (κ1) is 22.2. The zero-order valence-corrected chi connectivity index (χ0v) is 18.0. The van der Waals surface area contributed by atoms with Gasteiger partial charge in [0, 0.05) is 11.4 Å². The second-order valence-corrected chi connectivity index (χ2v) is 7.62. The van der Waals surface area contributed by atoms with E-state index in [4.69, 9.17) is 17.3 Å². The van der Waals surface area contributed by atoms with Crippen molar-refractivity contribution < 1.29 is 14.4 Å². The zero-order valence-electron chi connectivity index (χ0n) is 17.2. The number of nitrogens with zero attached hydrogens (tertiary/aromatic N) is 4. The topological polar surface area (TPSA) is 123 Å². The Bertz CT molecular complexity index is 1130. The molecule has 0 spiro atoms. The van der Waals surface area contributed by atoms with E-state index in [1.165, 1.54) is 9.58 Å². The number of rotatable bonds is 8. The largest absolute Gasteiger partial charge is 0.364 e. The second kappa shape index (κ2) is 9.57. The van der Waals surface area contributed by atoms with Gasteiger partial charge in [0.25, 0.3) is 5.91 Å². The third-order valence-corrected chi connectivity index (χ3v) is 4.88. The average molecular weight is 443 g/mol. The summed E-state index contributed by atoms with van der Waals surface area (Å²) in [5.41, 5.74) is 6.75. The lowest BCUT2D eigenvalue weighted by Gasteiger charge is -2.26. The second-order valence-electron chi connectivity index (χ2n) is 7.23. The molecule has 10 heteroatoms. The first-order valence-electron chi connectivity index (χ1n) is 9.69. The van der Waals surface area contributed by atoms with Crippen molar-refractivity contribution >= 4 is 40.2 Å². The van der Waals surface area contributed by atoms with Crippen LogP contribution in [-0.2, 0) is 22.7 Å². The Labute approximate surface area is 184 Å². The molecule has 0 aliphatic carbocycles. The van der Waals surface area contributed by atoms with Gasteiger partial charge in [-0.3, -0.25) is 19.1 Å². The number of carbonyl (C=O) groups excluding carboxylic acids is 3. The van der Waals surface area contributed by atoms with E-state index in [1.54, 1.807) is 42.5 Å². The number of nitrogens with two attached hydrogens (primary N) is 1. The van der Waals surface area contributed by atoms with Crippen LogP contribution in [0.3, 0.4) is 0 Å². The number of fused-ring (bicyclic) bond motifs is 1. The lowest BCUT2D eigenvalue weighted by molar-refractivity contribution is -0.138. The maximum Gasteiger partial charge on any atom is 0.269 e. The summed E-state index contributed by atoms with van der Waals surface area (Å²) in [6.45, 7) is 3.58. The molecule has 0 atom stereocenters. The van der Waals surface area contributed by atoms with Crippen LogP contribution < -0.4 is 11.1 Å². The Balaban J connectivity index is 1.70. The summed E-state index contributed by atoms with van der Waals surface area (Å²) in [5.74, 6) is -1.31. The Morgan fingerprint density at radius 2 is 1.90 bits per heavy atom. The third kappa shape index (κ3) is 5.37. The lowest BCUT2D eigenvalue weighted by Crippen LogP contribution is -2.45. The number of carbonyl (C=O) groups is 3. The molecule has 0 aliphatic rings. The van der Waals surface area contributed by atoms with Gasteiger partial charge in [-0.2, -0.15) is 5.10 Å². The van der Waals surface area contributed by atoms with Crippen LogP contribution in [0, 0.1) is 0 Å². The molecule has 0 saturated carbocycles. The summed E-state index contributed by atoms with van der Waals surface area (Å²) in [4.78, 5) is 42.7. The standard InChI is InChI=1S/C21H23ClN6O3/c1-13(2)27(11-18(29)24-10-14-6-5-9-17(22)25-14)19(30)12-28-16-8-4-3-7-15(16)20(26-28)21(23)31/h3-9,13H,10-12H2,1-2H3,(H2,23,31)(H,24,29). The molecule has 2 heterocycles. The molecule has 2 aromatic heterocycles. The number of halogens is 1. The molecule has 0 bridgehead atoms. The van der Waals surface area contributed by atoms with Crippen molar-refractivity contribution in [1.82, 2.24) is 25.0 Å². The molecule has 1 aromatic carbocycles. The molecule has 3 aromatic rings. The van der Waals surface area contributed by atoms with Gasteiger partial charge < -0.3 is 16.0 Å². The number of primary amides is 1. The minimum atomic E-state index is -0.669. The molecule has 162 valence electrons. The fourth-order valence-corrected chi connectivity index (χ4v) is 3.34. The van der Waals surface area contributed by atoms with E-state index in [1.807, 2.05) is 13.8 Å². The number of amides is 3. The maximum absolute atomic E-state index is 13.0. The van der Waals surface area contributed by atoms with Crippen LogP contribution in [0.2, 0.25) is 5.15 Å². The normalized spacial score (nSPS) is 11.0. The number of hydrogen-bond acceptors (Lipinski definition) is 5. The van der Waals surface area contributed by atoms with Gasteiger partial charge in [-0.15, -0.1) is 0 Å². The van der Waals surface area contributed by atoms with Crippen LogP contribution in [0.15, 0.2) is 42.5 Å². The van der Waals surface area contributed by atoms with Crippen LogP contribution in [0.4, 0.5) is 0 Å². The van der Waals surface area contributed by atoms with Gasteiger partial charge in [0.05, 0.1) is 24.3 Å². The molecule has 0 saturated heterocycles. The number of pyridine rings is 1. The van der Waals surface area contributed by atoms with Crippen molar-refractivity contribution in [1.29, 1.82) is 0 Å². The molecular formula is C21H23ClN6O3. The number of aromatic nitrogens is 3. The van der Waals surface area contributed by atoms with Crippen LogP contribution in [0.5, 0.6) is 0 Å². The Morgan fingerprint density at radius 1 is 1.16 bits per heavy atom. The van der Waals surface area contributed by atoms with Crippen LogP contribution in [0.25, 0.3) is 10.9 Å². The molecule has 3 amide bonds. The smallest absolute Gasteiger partial charge is 0.269 e. The average Bonchev–Trinajstić information content (AvgIpc) is 3.09. The molecule has 31 heavy (non-hydrogen) atoms. The van der Waals surface area contributed by atoms with Gasteiger partial charge in [-0.05, 0) is 32.0 Å². The van der Waals surface area contributed by atoms with Crippen molar-refractivity contribution in [2.45, 2.75) is 33.0 Å². The Hall–Kier alpha value is -3.46. The van der Waals surface area contributed by atoms with Crippen LogP contribution in [-0.4, -0.2) is 50.0 Å². The Kier molecular flexibility index (Phi) is 6.86. The first-order valence-corrected chi connectivity index (χ1v) is 10.1. The predicted octanol–water partition coefficient (Wildman–Crippen LogP) is 1.74. The maximum atomic E-state index is 13.0. The van der Waals surface area contributed by atoms with Gasteiger partial charge >= 0.3 is 0 Å². The molecule has 0 fully saturated rings. The van der Waals surface area contributed by atoms with Crippen molar-refractivity contribution in [3.8, 4) is 0 Å². The van der Waals surface area contributed by atoms with E-state index in [0.29, 0.717) is 21.7 Å². The molecule has 3 rings (SSSR count). The minimum Gasteiger partial charge on any atom is -0.364 e. The van der Waals surface area contributed by atoms with Gasteiger partial charge in [0.15, 0.2) is 5.69 Å². The third-order valence-electron chi connectivity index (χ3n) is 4.67. The van der Waals surface area contributed by atoms with Crippen molar-refractivity contribution in [3.63, 3.8) is 0 Å². The molecule has 3 N–H and O–H groups in total. The predicted molar refractivity (Wildman–Crippen MR) is 116 cm³/mol. The summed E-state index contributed by atoms with van der Waals surface area (Å²) in [6.07, 6.45) is 0. The number of benzene rings is 1. The molecule has 0 unspecified atom stereocenters. The van der Waals surface area contributed by atoms with Gasteiger partial charge in [0.2, 0.25) is 11.8 Å². The van der Waals surface area contributed by atoms with Gasteiger partial charge in [-0.25, -0.2) is 4.98 Å². The van der Waals surface area contributed by atoms with Crippen molar-refractivity contribution in [3.05, 3.63) is 59.0 Å². The molecule has 9 nitrogen and oxygen atoms in total. The lowest BCUT2D eigenvalue weighted by atomic mass is 10.2. The molecular weight excluding hydrogens is 420 g/mol. The van der Waals surface area contributed by atoms with E-state index in [9.17, 15) is 14.4 Å². The van der Waals surface area contributed by atoms with Crippen LogP contribution >= 0.6 is 11.6 Å². The van der Waals surface area contributed by atoms with Crippen LogP contribution in [0.1, 0.15) is 30.0 Å². The summed E-state index contributed by atoms with van der Waals surface area (Å²) in [5, 5.41) is 7.86. The highest BCUT2D eigenvalue weighted by Crippen LogP contribution is 2.18. The van der Waals surface area contributed by atoms with E-state index in [0.717, 1.165) is 0 Å². The minimum absolute atomic E-state index is 0.103. The highest BCUT2D eigenvalue weighted by atomic mass is 35.5. The van der Waals surface area contributed by atoms with E-state index < -0.39 is 5.91 Å². The summed E-state index contributed by atoms with van der Waals surface area (Å²) in [7, 11) is 0. The zero-order chi connectivity index (χ0) is 22.5. The number of nitrogens with one attached hydrogen (secondary N) is 1. The van der Waals surface area contributed by atoms with E-state index in [2.05, 4.69) is 15.4 Å². The van der Waals surface area contributed by atoms with E-state index >= 15 is 0 Å². The Morgan fingerprint density at radius 3 is 2.58 bits per heavy atom. The fourth-order valence-electron chi connectivity index (χ4n) is 3.16. The van der Waals surface area contributed by atoms with Crippen molar-refractivity contribution in [2.24, 2.45) is 5.73 Å². The summed E-state index contributed by atoms with van der Waals surface area (Å²) < 4.78 is 1.43. The van der Waals surface area contributed by atoms with Crippen molar-refractivity contribution in [2.75, 3.05) is 6.54 Å². The van der Waals surface area contributed by atoms with Gasteiger partial charge in [-0.1, -0.05) is 35.9 Å². The highest BCUT2D eigenvalue weighted by molar-refractivity contribution is 6.29. The number of para-hydroxylation sites is 1. The highest BCUT2D eigenvalue weighted by Gasteiger charge is 2.23. The number of hydrogen-bond donors (Lipinski definition) is 2. The fraction of sp³-hybridized carbons (Fsp3) is 0.286. The molecule has 0 radical (unpaired) electrons. The van der Waals surface area contributed by atoms with Gasteiger partial charge in [0.1, 0.15) is 11.7 Å².